The summed E-state index contributed by atoms with van der Waals surface area (Å²) < 4.78 is 5.29. The van der Waals surface area contributed by atoms with E-state index in [0.717, 1.165) is 28.6 Å². The second-order valence-electron chi connectivity index (χ2n) is 5.85. The molecule has 3 rings (SSSR count). The van der Waals surface area contributed by atoms with Gasteiger partial charge in [0.05, 0.1) is 23.5 Å². The number of fused-ring (bicyclic) bond motifs is 1. The summed E-state index contributed by atoms with van der Waals surface area (Å²) in [5, 5.41) is 15.6. The van der Waals surface area contributed by atoms with E-state index >= 15 is 0 Å². The monoisotopic (exact) mass is 382 g/mol. The van der Waals surface area contributed by atoms with Gasteiger partial charge in [0.15, 0.2) is 0 Å². The molecule has 26 heavy (non-hydrogen) atoms. The molecule has 0 aliphatic rings. The lowest BCUT2D eigenvalue weighted by atomic mass is 9.86. The van der Waals surface area contributed by atoms with Gasteiger partial charge >= 0.3 is 0 Å². The SMILES string of the molecule is CCC(/C=C/C#N)(c1ccc(Cl)cc1)n1ncc2c(NSC)cccc21. The number of hydrogen-bond donors (Lipinski definition) is 1. The minimum absolute atomic E-state index is 0.569. The van der Waals surface area contributed by atoms with Gasteiger partial charge in [-0.15, -0.1) is 0 Å². The first-order chi connectivity index (χ1) is 12.7. The predicted molar refractivity (Wildman–Crippen MR) is 110 cm³/mol. The van der Waals surface area contributed by atoms with Gasteiger partial charge in [-0.25, -0.2) is 0 Å². The molecule has 1 atom stereocenters. The van der Waals surface area contributed by atoms with Crippen LogP contribution in [0.4, 0.5) is 5.69 Å². The smallest absolute Gasteiger partial charge is 0.107 e. The zero-order valence-electron chi connectivity index (χ0n) is 14.6. The first-order valence-electron chi connectivity index (χ1n) is 8.26. The number of allylic oxidation sites excluding steroid dienone is 2. The zero-order valence-corrected chi connectivity index (χ0v) is 16.2. The average molecular weight is 383 g/mol. The fourth-order valence-electron chi connectivity index (χ4n) is 3.24. The molecule has 132 valence electrons. The summed E-state index contributed by atoms with van der Waals surface area (Å²) in [6, 6.07) is 15.9. The Morgan fingerprint density at radius 1 is 1.31 bits per heavy atom. The summed E-state index contributed by atoms with van der Waals surface area (Å²) in [6.07, 6.45) is 8.04. The molecule has 3 aromatic rings. The molecule has 0 aliphatic carbocycles. The van der Waals surface area contributed by atoms with Crippen LogP contribution in [0, 0.1) is 11.3 Å². The molecule has 0 radical (unpaired) electrons. The second kappa shape index (κ2) is 7.86. The number of hydrogen-bond acceptors (Lipinski definition) is 4. The van der Waals surface area contributed by atoms with Crippen molar-refractivity contribution in [1.82, 2.24) is 9.78 Å². The Morgan fingerprint density at radius 3 is 2.73 bits per heavy atom. The lowest BCUT2D eigenvalue weighted by molar-refractivity contribution is 0.402. The predicted octanol–water partition coefficient (Wildman–Crippen LogP) is 5.61. The van der Waals surface area contributed by atoms with Crippen molar-refractivity contribution in [3.63, 3.8) is 0 Å². The molecule has 2 aromatic carbocycles. The van der Waals surface area contributed by atoms with Crippen molar-refractivity contribution in [2.75, 3.05) is 11.0 Å². The highest BCUT2D eigenvalue weighted by Crippen LogP contribution is 2.36. The van der Waals surface area contributed by atoms with Gasteiger partial charge in [-0.2, -0.15) is 10.4 Å². The largest absolute Gasteiger partial charge is 0.329 e. The van der Waals surface area contributed by atoms with Crippen LogP contribution in [0.15, 0.2) is 60.8 Å². The lowest BCUT2D eigenvalue weighted by Crippen LogP contribution is -2.33. The Morgan fingerprint density at radius 2 is 2.08 bits per heavy atom. The molecule has 0 spiro atoms. The van der Waals surface area contributed by atoms with Crippen LogP contribution in [0.3, 0.4) is 0 Å². The van der Waals surface area contributed by atoms with Crippen molar-refractivity contribution in [2.24, 2.45) is 0 Å². The van der Waals surface area contributed by atoms with Gasteiger partial charge in [0.25, 0.3) is 0 Å². The van der Waals surface area contributed by atoms with Crippen LogP contribution in [-0.4, -0.2) is 16.0 Å². The molecule has 0 amide bonds. The summed E-state index contributed by atoms with van der Waals surface area (Å²) in [5.74, 6) is 0. The quantitative estimate of drug-likeness (QED) is 0.444. The van der Waals surface area contributed by atoms with Crippen molar-refractivity contribution in [3.8, 4) is 6.07 Å². The molecule has 1 N–H and O–H groups in total. The highest BCUT2D eigenvalue weighted by Gasteiger charge is 2.32. The van der Waals surface area contributed by atoms with Crippen LogP contribution < -0.4 is 4.72 Å². The molecule has 0 bridgehead atoms. The molecule has 0 aliphatic heterocycles. The van der Waals surface area contributed by atoms with Gasteiger partial charge < -0.3 is 4.72 Å². The minimum Gasteiger partial charge on any atom is -0.329 e. The molecule has 0 fully saturated rings. The van der Waals surface area contributed by atoms with Crippen LogP contribution in [0.5, 0.6) is 0 Å². The highest BCUT2D eigenvalue weighted by molar-refractivity contribution is 7.99. The molecule has 1 heterocycles. The van der Waals surface area contributed by atoms with E-state index in [1.807, 2.05) is 65.7 Å². The van der Waals surface area contributed by atoms with E-state index < -0.39 is 5.54 Å². The summed E-state index contributed by atoms with van der Waals surface area (Å²) >= 11 is 7.63. The number of nitrogens with zero attached hydrogens (tertiary/aromatic N) is 3. The fraction of sp³-hybridized carbons (Fsp3) is 0.200. The molecule has 0 saturated carbocycles. The average Bonchev–Trinajstić information content (AvgIpc) is 3.10. The first kappa shape index (κ1) is 18.4. The first-order valence-corrected chi connectivity index (χ1v) is 9.86. The van der Waals surface area contributed by atoms with Crippen LogP contribution >= 0.6 is 23.5 Å². The van der Waals surface area contributed by atoms with Crippen molar-refractivity contribution in [1.29, 1.82) is 5.26 Å². The number of aromatic nitrogens is 2. The van der Waals surface area contributed by atoms with Gasteiger partial charge in [0, 0.05) is 22.7 Å². The number of nitriles is 1. The van der Waals surface area contributed by atoms with Crippen LogP contribution in [0.25, 0.3) is 10.9 Å². The van der Waals surface area contributed by atoms with E-state index in [4.69, 9.17) is 22.0 Å². The number of anilines is 1. The van der Waals surface area contributed by atoms with E-state index in [-0.39, 0.29) is 0 Å². The van der Waals surface area contributed by atoms with Crippen LogP contribution in [0.2, 0.25) is 5.02 Å². The molecular formula is C20H19ClN4S. The normalized spacial score (nSPS) is 13.6. The van der Waals surface area contributed by atoms with Gasteiger partial charge in [-0.3, -0.25) is 4.68 Å². The maximum Gasteiger partial charge on any atom is 0.107 e. The van der Waals surface area contributed by atoms with Crippen molar-refractivity contribution < 1.29 is 0 Å². The Hall–Kier alpha value is -2.42. The molecule has 1 aromatic heterocycles. The van der Waals surface area contributed by atoms with Crippen LogP contribution in [0.1, 0.15) is 18.9 Å². The third kappa shape index (κ3) is 3.18. The molecule has 1 unspecified atom stereocenters. The van der Waals surface area contributed by atoms with E-state index in [0.29, 0.717) is 5.02 Å². The molecule has 4 nitrogen and oxygen atoms in total. The Labute approximate surface area is 162 Å². The van der Waals surface area contributed by atoms with Gasteiger partial charge in [-0.05, 0) is 42.3 Å². The number of rotatable bonds is 6. The van der Waals surface area contributed by atoms with Gasteiger partial charge in [-0.1, -0.05) is 48.7 Å². The summed E-state index contributed by atoms with van der Waals surface area (Å²) in [4.78, 5) is 0. The van der Waals surface area contributed by atoms with E-state index in [9.17, 15) is 0 Å². The zero-order chi connectivity index (χ0) is 18.6. The van der Waals surface area contributed by atoms with Gasteiger partial charge in [0.1, 0.15) is 5.54 Å². The third-order valence-electron chi connectivity index (χ3n) is 4.52. The third-order valence-corrected chi connectivity index (χ3v) is 5.20. The molecule has 0 saturated heterocycles. The van der Waals surface area contributed by atoms with Crippen LogP contribution in [-0.2, 0) is 5.54 Å². The molecule has 6 heteroatoms. The summed E-state index contributed by atoms with van der Waals surface area (Å²) in [5.41, 5.74) is 2.49. The van der Waals surface area contributed by atoms with Crippen molar-refractivity contribution >= 4 is 40.1 Å². The Balaban J connectivity index is 2.27. The van der Waals surface area contributed by atoms with E-state index in [2.05, 4.69) is 17.7 Å². The minimum atomic E-state index is -0.569. The van der Waals surface area contributed by atoms with E-state index in [1.165, 1.54) is 6.08 Å². The summed E-state index contributed by atoms with van der Waals surface area (Å²) in [7, 11) is 0. The fourth-order valence-corrected chi connectivity index (χ4v) is 3.77. The summed E-state index contributed by atoms with van der Waals surface area (Å²) in [6.45, 7) is 2.09. The van der Waals surface area contributed by atoms with Gasteiger partial charge in [0.2, 0.25) is 0 Å². The maximum absolute atomic E-state index is 9.14. The lowest BCUT2D eigenvalue weighted by Gasteiger charge is -2.31. The number of nitrogens with one attached hydrogen (secondary N) is 1. The molecular weight excluding hydrogens is 364 g/mol. The van der Waals surface area contributed by atoms with Crippen molar-refractivity contribution in [2.45, 2.75) is 18.9 Å². The highest BCUT2D eigenvalue weighted by atomic mass is 35.5. The Bertz CT molecular complexity index is 972. The maximum atomic E-state index is 9.14. The Kier molecular flexibility index (Phi) is 5.55. The van der Waals surface area contributed by atoms with E-state index in [1.54, 1.807) is 11.9 Å². The standard InChI is InChI=1S/C20H19ClN4S/c1-3-20(12-5-13-22,15-8-10-16(21)11-9-15)25-19-7-4-6-18(24-26-2)17(19)14-23-25/h4-12,14,24H,3H2,1-2H3/b12-5+. The topological polar surface area (TPSA) is 53.6 Å². The number of halogens is 1. The number of benzene rings is 2. The second-order valence-corrected chi connectivity index (χ2v) is 6.90. The van der Waals surface area contributed by atoms with Crippen molar-refractivity contribution in [3.05, 3.63) is 71.4 Å².